The summed E-state index contributed by atoms with van der Waals surface area (Å²) in [6, 6.07) is 0. The van der Waals surface area contributed by atoms with Gasteiger partial charge < -0.3 is 9.47 Å². The number of carbonyl (C=O) groups is 2. The summed E-state index contributed by atoms with van der Waals surface area (Å²) in [5.74, 6) is 6.31. The lowest BCUT2D eigenvalue weighted by atomic mass is 10.1. The van der Waals surface area contributed by atoms with Crippen LogP contribution in [0.1, 0.15) is 105 Å². The number of ether oxygens (including phenoxy) is 2. The number of hydrogen-bond donors (Lipinski definition) is 0. The minimum atomic E-state index is -0.269. The Morgan fingerprint density at radius 3 is 2.00 bits per heavy atom. The fraction of sp³-hybridized carbons (Fsp3) is 0.826. The second kappa shape index (κ2) is 17.9. The largest absolute Gasteiger partial charge is 0.466 e. The number of unbranched alkanes of at least 4 members (excludes halogenated alkanes) is 6. The highest BCUT2D eigenvalue weighted by Crippen LogP contribution is 2.12. The van der Waals surface area contributed by atoms with E-state index in [2.05, 4.69) is 32.6 Å². The van der Waals surface area contributed by atoms with Crippen LogP contribution in [-0.4, -0.2) is 24.6 Å². The van der Waals surface area contributed by atoms with E-state index in [0.717, 1.165) is 64.2 Å². The summed E-state index contributed by atoms with van der Waals surface area (Å²) in [7, 11) is 0. The summed E-state index contributed by atoms with van der Waals surface area (Å²) >= 11 is 0. The maximum Gasteiger partial charge on any atom is 0.307 e. The van der Waals surface area contributed by atoms with Gasteiger partial charge >= 0.3 is 11.9 Å². The van der Waals surface area contributed by atoms with Crippen LogP contribution in [0.4, 0.5) is 0 Å². The van der Waals surface area contributed by atoms with Crippen LogP contribution in [0.3, 0.4) is 0 Å². The zero-order chi connectivity index (χ0) is 20.3. The molecular formula is C23H40O4. The molecule has 0 aromatic rings. The third-order valence-corrected chi connectivity index (χ3v) is 4.17. The summed E-state index contributed by atoms with van der Waals surface area (Å²) in [5.41, 5.74) is 0. The predicted molar refractivity (Wildman–Crippen MR) is 110 cm³/mol. The average Bonchev–Trinajstić information content (AvgIpc) is 2.61. The first-order chi connectivity index (χ1) is 13.0. The van der Waals surface area contributed by atoms with Gasteiger partial charge in [0.2, 0.25) is 0 Å². The van der Waals surface area contributed by atoms with E-state index in [9.17, 15) is 9.59 Å². The van der Waals surface area contributed by atoms with Crippen molar-refractivity contribution in [3.63, 3.8) is 0 Å². The van der Waals surface area contributed by atoms with Gasteiger partial charge in [-0.3, -0.25) is 9.59 Å². The van der Waals surface area contributed by atoms with Crippen molar-refractivity contribution < 1.29 is 19.1 Å². The summed E-state index contributed by atoms with van der Waals surface area (Å²) in [6.45, 7) is 8.85. The minimum absolute atomic E-state index is 0.0756. The molecule has 0 spiro atoms. The second-order valence-electron chi connectivity index (χ2n) is 7.48. The molecule has 0 aliphatic heterocycles. The molecule has 4 nitrogen and oxygen atoms in total. The van der Waals surface area contributed by atoms with Gasteiger partial charge in [-0.05, 0) is 31.6 Å². The van der Waals surface area contributed by atoms with Crippen molar-refractivity contribution in [3.05, 3.63) is 0 Å². The van der Waals surface area contributed by atoms with Crippen LogP contribution in [0.2, 0.25) is 0 Å². The van der Waals surface area contributed by atoms with Crippen LogP contribution in [0, 0.1) is 17.8 Å². The van der Waals surface area contributed by atoms with Crippen LogP contribution in [-0.2, 0) is 19.1 Å². The fourth-order valence-electron chi connectivity index (χ4n) is 2.65. The van der Waals surface area contributed by atoms with Gasteiger partial charge in [-0.1, -0.05) is 71.6 Å². The standard InChI is InChI=1S/C23H40O4/c1-5-7-15-21(19-20(3)4)27-23(25)17-14-12-10-9-11-13-16-22(24)26-18-8-6-2/h20-21H,5-6,8-14,16-19H2,1-4H3. The second-order valence-corrected chi connectivity index (χ2v) is 7.48. The predicted octanol–water partition coefficient (Wildman–Crippen LogP) is 5.82. The van der Waals surface area contributed by atoms with Crippen molar-refractivity contribution in [1.29, 1.82) is 0 Å². The minimum Gasteiger partial charge on any atom is -0.466 e. The average molecular weight is 381 g/mol. The Balaban J connectivity index is 3.68. The van der Waals surface area contributed by atoms with Crippen molar-refractivity contribution in [1.82, 2.24) is 0 Å². The Kier molecular flexibility index (Phi) is 16.9. The summed E-state index contributed by atoms with van der Waals surface area (Å²) in [4.78, 5) is 23.4. The maximum atomic E-state index is 12.0. The molecule has 1 atom stereocenters. The lowest BCUT2D eigenvalue weighted by Crippen LogP contribution is -2.18. The van der Waals surface area contributed by atoms with E-state index < -0.39 is 0 Å². The molecule has 0 amide bonds. The Morgan fingerprint density at radius 1 is 0.852 bits per heavy atom. The Morgan fingerprint density at radius 2 is 1.44 bits per heavy atom. The van der Waals surface area contributed by atoms with Crippen LogP contribution in [0.25, 0.3) is 0 Å². The molecule has 0 fully saturated rings. The van der Waals surface area contributed by atoms with Gasteiger partial charge in [0.25, 0.3) is 0 Å². The van der Waals surface area contributed by atoms with Crippen LogP contribution < -0.4 is 0 Å². The van der Waals surface area contributed by atoms with Crippen molar-refractivity contribution in [2.24, 2.45) is 5.92 Å². The Bertz CT molecular complexity index is 445. The molecular weight excluding hydrogens is 340 g/mol. The van der Waals surface area contributed by atoms with Crippen LogP contribution in [0.15, 0.2) is 0 Å². The molecule has 0 saturated heterocycles. The van der Waals surface area contributed by atoms with Crippen molar-refractivity contribution in [2.45, 2.75) is 111 Å². The molecule has 0 aliphatic carbocycles. The van der Waals surface area contributed by atoms with Gasteiger partial charge in [0.15, 0.2) is 6.10 Å². The van der Waals surface area contributed by atoms with E-state index in [1.165, 1.54) is 0 Å². The first-order valence-electron chi connectivity index (χ1n) is 10.8. The molecule has 0 radical (unpaired) electrons. The van der Waals surface area contributed by atoms with Gasteiger partial charge in [-0.25, -0.2) is 0 Å². The normalized spacial score (nSPS) is 11.6. The third-order valence-electron chi connectivity index (χ3n) is 4.17. The van der Waals surface area contributed by atoms with Gasteiger partial charge in [0.05, 0.1) is 6.61 Å². The van der Waals surface area contributed by atoms with Gasteiger partial charge in [-0.2, -0.15) is 0 Å². The lowest BCUT2D eigenvalue weighted by molar-refractivity contribution is -0.147. The van der Waals surface area contributed by atoms with E-state index >= 15 is 0 Å². The van der Waals surface area contributed by atoms with Crippen molar-refractivity contribution in [2.75, 3.05) is 6.61 Å². The zero-order valence-corrected chi connectivity index (χ0v) is 18.0. The first kappa shape index (κ1) is 25.5. The molecule has 0 N–H and O–H groups in total. The van der Waals surface area contributed by atoms with Crippen LogP contribution in [0.5, 0.6) is 0 Å². The van der Waals surface area contributed by atoms with E-state index in [0.29, 0.717) is 25.4 Å². The molecule has 0 aliphatic rings. The van der Waals surface area contributed by atoms with Crippen LogP contribution >= 0.6 is 0 Å². The molecule has 0 bridgehead atoms. The van der Waals surface area contributed by atoms with Crippen molar-refractivity contribution >= 4 is 11.9 Å². The zero-order valence-electron chi connectivity index (χ0n) is 18.0. The summed E-state index contributed by atoms with van der Waals surface area (Å²) in [5, 5.41) is 0. The molecule has 1 unspecified atom stereocenters. The maximum absolute atomic E-state index is 12.0. The molecule has 27 heavy (non-hydrogen) atoms. The highest BCUT2D eigenvalue weighted by atomic mass is 16.5. The van der Waals surface area contributed by atoms with Gasteiger partial charge in [0.1, 0.15) is 0 Å². The molecule has 0 heterocycles. The summed E-state index contributed by atoms with van der Waals surface area (Å²) in [6.07, 6.45) is 10.3. The van der Waals surface area contributed by atoms with E-state index in [1.54, 1.807) is 0 Å². The van der Waals surface area contributed by atoms with Gasteiger partial charge in [0, 0.05) is 19.3 Å². The number of hydrogen-bond acceptors (Lipinski definition) is 4. The first-order valence-corrected chi connectivity index (χ1v) is 10.8. The number of carbonyl (C=O) groups excluding carboxylic acids is 2. The fourth-order valence-corrected chi connectivity index (χ4v) is 2.65. The number of rotatable bonds is 15. The molecule has 0 rings (SSSR count). The quantitative estimate of drug-likeness (QED) is 0.204. The molecule has 4 heteroatoms. The van der Waals surface area contributed by atoms with Crippen molar-refractivity contribution in [3.8, 4) is 11.8 Å². The highest BCUT2D eigenvalue weighted by Gasteiger charge is 2.13. The topological polar surface area (TPSA) is 52.6 Å². The monoisotopic (exact) mass is 380 g/mol. The highest BCUT2D eigenvalue weighted by molar-refractivity contribution is 5.70. The SMILES string of the molecule is CCC#CC(CC(C)C)OC(=O)CCCCCCCCC(=O)OCCCC. The lowest BCUT2D eigenvalue weighted by Gasteiger charge is -2.14. The van der Waals surface area contributed by atoms with E-state index in [1.807, 2.05) is 6.92 Å². The Hall–Kier alpha value is -1.50. The molecule has 0 aromatic heterocycles. The smallest absolute Gasteiger partial charge is 0.307 e. The Labute approximate surface area is 166 Å². The summed E-state index contributed by atoms with van der Waals surface area (Å²) < 4.78 is 10.6. The number of esters is 2. The molecule has 156 valence electrons. The molecule has 0 aromatic carbocycles. The molecule has 0 saturated carbocycles. The van der Waals surface area contributed by atoms with E-state index in [4.69, 9.17) is 9.47 Å². The third kappa shape index (κ3) is 17.7. The van der Waals surface area contributed by atoms with Gasteiger partial charge in [-0.15, -0.1) is 0 Å². The van der Waals surface area contributed by atoms with E-state index in [-0.39, 0.29) is 18.0 Å².